The van der Waals surface area contributed by atoms with Crippen molar-refractivity contribution in [3.05, 3.63) is 0 Å². The molecule has 0 rings (SSSR count). The first-order chi connectivity index (χ1) is 6.72. The molecule has 3 heteroatoms. The zero-order valence-electron chi connectivity index (χ0n) is 11.2. The maximum Gasteiger partial charge on any atom is 0.306 e. The van der Waals surface area contributed by atoms with E-state index in [4.69, 9.17) is 5.11 Å². The minimum Gasteiger partial charge on any atom is -0.481 e. The summed E-state index contributed by atoms with van der Waals surface area (Å²) < 4.78 is 1.00. The lowest BCUT2D eigenvalue weighted by Crippen LogP contribution is -2.27. The number of unbranched alkanes of at least 4 members (excludes halogenated alkanes) is 1. The molecule has 0 aromatic heterocycles. The van der Waals surface area contributed by atoms with Crippen LogP contribution in [0.3, 0.4) is 0 Å². The first-order valence-electron chi connectivity index (χ1n) is 5.74. The standard InChI is InChI=1S/C8H16O2.C4H12N/c1-3-5-6-7(4-2)8(9)10;1-5(2,3)4/h7H,3-6H2,1-2H3,(H,9,10);1-4H3/q;+1. The molecule has 1 unspecified atom stereocenters. The van der Waals surface area contributed by atoms with Crippen LogP contribution >= 0.6 is 0 Å². The molecule has 0 saturated carbocycles. The van der Waals surface area contributed by atoms with E-state index in [0.29, 0.717) is 0 Å². The van der Waals surface area contributed by atoms with E-state index in [2.05, 4.69) is 35.1 Å². The van der Waals surface area contributed by atoms with Gasteiger partial charge in [0.2, 0.25) is 0 Å². The molecular weight excluding hydrogens is 190 g/mol. The number of quaternary nitrogens is 1. The molecule has 0 bridgehead atoms. The van der Waals surface area contributed by atoms with Gasteiger partial charge in [-0.15, -0.1) is 0 Å². The second-order valence-electron chi connectivity index (χ2n) is 5.27. The Bertz CT molecular complexity index is 155. The Labute approximate surface area is 94.7 Å². The number of carboxylic acid groups (broad SMARTS) is 1. The van der Waals surface area contributed by atoms with Gasteiger partial charge in [-0.05, 0) is 12.8 Å². The number of carboxylic acids is 1. The molecule has 0 heterocycles. The summed E-state index contributed by atoms with van der Waals surface area (Å²) in [7, 11) is 8.50. The summed E-state index contributed by atoms with van der Waals surface area (Å²) in [5.74, 6) is -0.754. The maximum absolute atomic E-state index is 10.4. The third-order valence-electron chi connectivity index (χ3n) is 1.75. The lowest BCUT2D eigenvalue weighted by molar-refractivity contribution is -0.849. The van der Waals surface area contributed by atoms with Crippen LogP contribution in [0.2, 0.25) is 0 Å². The average molecular weight is 218 g/mol. The first-order valence-corrected chi connectivity index (χ1v) is 5.74. The van der Waals surface area contributed by atoms with Crippen molar-refractivity contribution in [3.8, 4) is 0 Å². The van der Waals surface area contributed by atoms with Crippen molar-refractivity contribution >= 4 is 5.97 Å². The van der Waals surface area contributed by atoms with Gasteiger partial charge in [-0.25, -0.2) is 0 Å². The molecule has 0 aliphatic carbocycles. The van der Waals surface area contributed by atoms with Gasteiger partial charge in [-0.3, -0.25) is 4.79 Å². The topological polar surface area (TPSA) is 37.3 Å². The highest BCUT2D eigenvalue weighted by Gasteiger charge is 2.12. The molecule has 1 atom stereocenters. The highest BCUT2D eigenvalue weighted by molar-refractivity contribution is 5.69. The number of nitrogens with zero attached hydrogens (tertiary/aromatic N) is 1. The van der Waals surface area contributed by atoms with E-state index in [-0.39, 0.29) is 5.92 Å². The molecule has 3 nitrogen and oxygen atoms in total. The van der Waals surface area contributed by atoms with Gasteiger partial charge in [-0.1, -0.05) is 26.7 Å². The van der Waals surface area contributed by atoms with Crippen LogP contribution in [0.15, 0.2) is 0 Å². The van der Waals surface area contributed by atoms with Crippen LogP contribution in [-0.4, -0.2) is 43.7 Å². The summed E-state index contributed by atoms with van der Waals surface area (Å²) in [5.41, 5.74) is 0. The second-order valence-corrected chi connectivity index (χ2v) is 5.27. The molecule has 0 fully saturated rings. The molecule has 0 aliphatic heterocycles. The van der Waals surface area contributed by atoms with Crippen molar-refractivity contribution in [2.24, 2.45) is 5.92 Å². The van der Waals surface area contributed by atoms with E-state index in [1.165, 1.54) is 0 Å². The fourth-order valence-corrected chi connectivity index (χ4v) is 0.953. The Morgan fingerprint density at radius 2 is 1.60 bits per heavy atom. The quantitative estimate of drug-likeness (QED) is 0.720. The average Bonchev–Trinajstić information content (AvgIpc) is 2.02. The van der Waals surface area contributed by atoms with Crippen LogP contribution in [0.1, 0.15) is 39.5 Å². The smallest absolute Gasteiger partial charge is 0.306 e. The van der Waals surface area contributed by atoms with Gasteiger partial charge in [0, 0.05) is 0 Å². The van der Waals surface area contributed by atoms with Gasteiger partial charge in [-0.2, -0.15) is 0 Å². The second kappa shape index (κ2) is 8.72. The van der Waals surface area contributed by atoms with Crippen LogP contribution in [0.5, 0.6) is 0 Å². The molecule has 92 valence electrons. The van der Waals surface area contributed by atoms with Crippen LogP contribution in [0.25, 0.3) is 0 Å². The lowest BCUT2D eigenvalue weighted by atomic mass is 10.00. The van der Waals surface area contributed by atoms with E-state index in [9.17, 15) is 4.79 Å². The van der Waals surface area contributed by atoms with Gasteiger partial charge >= 0.3 is 5.97 Å². The number of carbonyl (C=O) groups is 1. The summed E-state index contributed by atoms with van der Waals surface area (Å²) in [6, 6.07) is 0. The Morgan fingerprint density at radius 3 is 1.80 bits per heavy atom. The summed E-state index contributed by atoms with van der Waals surface area (Å²) in [5, 5.41) is 8.60. The highest BCUT2D eigenvalue weighted by Crippen LogP contribution is 2.11. The Morgan fingerprint density at radius 1 is 1.20 bits per heavy atom. The zero-order valence-corrected chi connectivity index (χ0v) is 11.2. The van der Waals surface area contributed by atoms with Gasteiger partial charge < -0.3 is 9.59 Å². The van der Waals surface area contributed by atoms with E-state index in [1.807, 2.05) is 6.92 Å². The molecule has 15 heavy (non-hydrogen) atoms. The molecular formula is C12H28NO2+. The van der Waals surface area contributed by atoms with Crippen molar-refractivity contribution in [1.82, 2.24) is 0 Å². The van der Waals surface area contributed by atoms with Crippen molar-refractivity contribution < 1.29 is 14.4 Å². The predicted molar refractivity (Wildman–Crippen MR) is 64.9 cm³/mol. The molecule has 0 aromatic rings. The van der Waals surface area contributed by atoms with Crippen molar-refractivity contribution in [3.63, 3.8) is 0 Å². The van der Waals surface area contributed by atoms with Crippen molar-refractivity contribution in [2.75, 3.05) is 28.2 Å². The number of aliphatic carboxylic acids is 1. The SMILES string of the molecule is CCCCC(CC)C(=O)O.C[N+](C)(C)C. The third-order valence-corrected chi connectivity index (χ3v) is 1.75. The summed E-state index contributed by atoms with van der Waals surface area (Å²) in [6.07, 6.45) is 3.71. The number of hydrogen-bond acceptors (Lipinski definition) is 1. The molecule has 0 aliphatic rings. The normalized spacial score (nSPS) is 12.7. The molecule has 0 amide bonds. The van der Waals surface area contributed by atoms with Crippen LogP contribution in [0, 0.1) is 5.92 Å². The summed E-state index contributed by atoms with van der Waals surface area (Å²) in [4.78, 5) is 10.4. The predicted octanol–water partition coefficient (Wildman–Crippen LogP) is 2.61. The monoisotopic (exact) mass is 218 g/mol. The van der Waals surface area contributed by atoms with E-state index in [1.54, 1.807) is 0 Å². The van der Waals surface area contributed by atoms with Crippen LogP contribution in [-0.2, 0) is 4.79 Å². The number of rotatable bonds is 5. The molecule has 0 aromatic carbocycles. The van der Waals surface area contributed by atoms with Gasteiger partial charge in [0.25, 0.3) is 0 Å². The van der Waals surface area contributed by atoms with Crippen LogP contribution in [0.4, 0.5) is 0 Å². The van der Waals surface area contributed by atoms with Crippen molar-refractivity contribution in [1.29, 1.82) is 0 Å². The van der Waals surface area contributed by atoms with E-state index in [0.717, 1.165) is 30.2 Å². The number of hydrogen-bond donors (Lipinski definition) is 1. The Kier molecular flexibility index (Phi) is 9.79. The van der Waals surface area contributed by atoms with E-state index < -0.39 is 5.97 Å². The van der Waals surface area contributed by atoms with Crippen molar-refractivity contribution in [2.45, 2.75) is 39.5 Å². The Hall–Kier alpha value is -0.570. The minimum absolute atomic E-state index is 0.111. The molecule has 0 radical (unpaired) electrons. The molecule has 0 spiro atoms. The summed E-state index contributed by atoms with van der Waals surface area (Å²) >= 11 is 0. The minimum atomic E-state index is -0.643. The fourth-order valence-electron chi connectivity index (χ4n) is 0.953. The van der Waals surface area contributed by atoms with Gasteiger partial charge in [0.05, 0.1) is 34.1 Å². The maximum atomic E-state index is 10.4. The van der Waals surface area contributed by atoms with Crippen LogP contribution < -0.4 is 0 Å². The lowest BCUT2D eigenvalue weighted by Gasteiger charge is -2.14. The highest BCUT2D eigenvalue weighted by atomic mass is 16.4. The molecule has 0 saturated heterocycles. The fraction of sp³-hybridized carbons (Fsp3) is 0.917. The summed E-state index contributed by atoms with van der Waals surface area (Å²) in [6.45, 7) is 4.00. The largest absolute Gasteiger partial charge is 0.481 e. The molecule has 1 N–H and O–H groups in total. The Balaban J connectivity index is 0. The third kappa shape index (κ3) is 19.7. The van der Waals surface area contributed by atoms with E-state index >= 15 is 0 Å². The zero-order chi connectivity index (χ0) is 12.5. The van der Waals surface area contributed by atoms with Gasteiger partial charge in [0.1, 0.15) is 0 Å². The first kappa shape index (κ1) is 16.8. The van der Waals surface area contributed by atoms with Gasteiger partial charge in [0.15, 0.2) is 0 Å².